The van der Waals surface area contributed by atoms with Crippen molar-refractivity contribution in [2.45, 2.75) is 31.9 Å². The molecule has 2 aromatic rings. The maximum absolute atomic E-state index is 12.6. The third-order valence-corrected chi connectivity index (χ3v) is 6.28. The number of nitrogens with zero attached hydrogens (tertiary/aromatic N) is 3. The molecule has 2 saturated heterocycles. The van der Waals surface area contributed by atoms with Crippen LogP contribution in [-0.2, 0) is 4.74 Å². The lowest BCUT2D eigenvalue weighted by atomic mass is 10.0. The van der Waals surface area contributed by atoms with E-state index in [-0.39, 0.29) is 6.03 Å². The van der Waals surface area contributed by atoms with Crippen LogP contribution in [0.4, 0.5) is 9.93 Å². The Morgan fingerprint density at radius 3 is 2.89 bits per heavy atom. The van der Waals surface area contributed by atoms with Crippen molar-refractivity contribution < 1.29 is 14.3 Å². The van der Waals surface area contributed by atoms with Crippen molar-refractivity contribution in [2.75, 3.05) is 45.2 Å². The van der Waals surface area contributed by atoms with Crippen LogP contribution in [0.5, 0.6) is 5.75 Å². The molecule has 27 heavy (non-hydrogen) atoms. The van der Waals surface area contributed by atoms with Crippen LogP contribution in [0.3, 0.4) is 0 Å². The Morgan fingerprint density at radius 2 is 2.15 bits per heavy atom. The number of nitrogens with one attached hydrogen (secondary N) is 1. The second kappa shape index (κ2) is 8.00. The van der Waals surface area contributed by atoms with Crippen LogP contribution in [0.1, 0.15) is 19.8 Å². The molecule has 2 fully saturated rings. The number of thiazole rings is 1. The number of aromatic nitrogens is 1. The molecular formula is C19H26N4O3S. The van der Waals surface area contributed by atoms with E-state index in [1.807, 2.05) is 23.1 Å². The van der Waals surface area contributed by atoms with Crippen molar-refractivity contribution in [3.05, 3.63) is 18.2 Å². The summed E-state index contributed by atoms with van der Waals surface area (Å²) in [6, 6.07) is 6.22. The SMILES string of the molecule is COc1ccc2nc(NC(=O)N3CCC(N4CCOC(C)C4)CC3)sc2c1. The number of hydrogen-bond acceptors (Lipinski definition) is 6. The van der Waals surface area contributed by atoms with Crippen molar-refractivity contribution in [2.24, 2.45) is 0 Å². The molecular weight excluding hydrogens is 364 g/mol. The first-order valence-corrected chi connectivity index (χ1v) is 10.3. The number of likely N-dealkylation sites (tertiary alicyclic amines) is 1. The van der Waals surface area contributed by atoms with Crippen LogP contribution in [0.2, 0.25) is 0 Å². The van der Waals surface area contributed by atoms with E-state index in [9.17, 15) is 4.79 Å². The zero-order chi connectivity index (χ0) is 18.8. The Kier molecular flexibility index (Phi) is 5.47. The van der Waals surface area contributed by atoms with Crippen molar-refractivity contribution in [3.63, 3.8) is 0 Å². The van der Waals surface area contributed by atoms with Gasteiger partial charge in [0, 0.05) is 32.2 Å². The average Bonchev–Trinajstić information content (AvgIpc) is 3.09. The Bertz CT molecular complexity index is 803. The number of ether oxygens (including phenoxy) is 2. The highest BCUT2D eigenvalue weighted by atomic mass is 32.1. The molecule has 1 aromatic carbocycles. The molecule has 1 atom stereocenters. The van der Waals surface area contributed by atoms with Crippen LogP contribution in [0.25, 0.3) is 10.2 Å². The van der Waals surface area contributed by atoms with Crippen LogP contribution in [0.15, 0.2) is 18.2 Å². The van der Waals surface area contributed by atoms with E-state index >= 15 is 0 Å². The zero-order valence-electron chi connectivity index (χ0n) is 15.8. The van der Waals surface area contributed by atoms with Gasteiger partial charge < -0.3 is 14.4 Å². The summed E-state index contributed by atoms with van der Waals surface area (Å²) in [5, 5.41) is 3.59. The maximum Gasteiger partial charge on any atom is 0.323 e. The molecule has 8 heteroatoms. The minimum Gasteiger partial charge on any atom is -0.497 e. The maximum atomic E-state index is 12.6. The number of carbonyl (C=O) groups excluding carboxylic acids is 1. The van der Waals surface area contributed by atoms with Gasteiger partial charge in [0.05, 0.1) is 30.0 Å². The molecule has 0 spiro atoms. The standard InChI is InChI=1S/C19H26N4O3S/c1-13-12-23(9-10-26-13)14-5-7-22(8-6-14)19(24)21-18-20-16-4-3-15(25-2)11-17(16)27-18/h3-4,11,13-14H,5-10,12H2,1-2H3,(H,20,21,24). The molecule has 2 aliphatic rings. The monoisotopic (exact) mass is 390 g/mol. The van der Waals surface area contributed by atoms with E-state index in [0.29, 0.717) is 17.3 Å². The van der Waals surface area contributed by atoms with E-state index in [0.717, 1.165) is 61.6 Å². The topological polar surface area (TPSA) is 66.9 Å². The molecule has 146 valence electrons. The number of anilines is 1. The molecule has 0 radical (unpaired) electrons. The van der Waals surface area contributed by atoms with Gasteiger partial charge >= 0.3 is 6.03 Å². The van der Waals surface area contributed by atoms with Gasteiger partial charge in [-0.2, -0.15) is 0 Å². The van der Waals surface area contributed by atoms with Gasteiger partial charge in [-0.25, -0.2) is 9.78 Å². The van der Waals surface area contributed by atoms with Crippen LogP contribution in [0, 0.1) is 0 Å². The third-order valence-electron chi connectivity index (χ3n) is 5.35. The Labute approximate surface area is 163 Å². The van der Waals surface area contributed by atoms with E-state index in [4.69, 9.17) is 9.47 Å². The van der Waals surface area contributed by atoms with E-state index in [2.05, 4.69) is 22.1 Å². The third kappa shape index (κ3) is 4.17. The molecule has 2 amide bonds. The largest absolute Gasteiger partial charge is 0.497 e. The average molecular weight is 391 g/mol. The van der Waals surface area contributed by atoms with Gasteiger partial charge in [0.1, 0.15) is 5.75 Å². The van der Waals surface area contributed by atoms with Gasteiger partial charge in [-0.05, 0) is 38.0 Å². The number of fused-ring (bicyclic) bond motifs is 1. The van der Waals surface area contributed by atoms with Gasteiger partial charge in [0.15, 0.2) is 5.13 Å². The van der Waals surface area contributed by atoms with Gasteiger partial charge in [-0.3, -0.25) is 10.2 Å². The minimum atomic E-state index is -0.0604. The Hall–Kier alpha value is -1.90. The van der Waals surface area contributed by atoms with Gasteiger partial charge in [-0.15, -0.1) is 0 Å². The number of piperidine rings is 1. The number of methoxy groups -OCH3 is 1. The molecule has 1 aromatic heterocycles. The van der Waals surface area contributed by atoms with Gasteiger partial charge in [0.25, 0.3) is 0 Å². The molecule has 3 heterocycles. The molecule has 1 unspecified atom stereocenters. The first-order chi connectivity index (χ1) is 13.1. The summed E-state index contributed by atoms with van der Waals surface area (Å²) in [6.07, 6.45) is 2.33. The number of hydrogen-bond donors (Lipinski definition) is 1. The van der Waals surface area contributed by atoms with E-state index in [1.165, 1.54) is 11.3 Å². The smallest absolute Gasteiger partial charge is 0.323 e. The quantitative estimate of drug-likeness (QED) is 0.873. The minimum absolute atomic E-state index is 0.0604. The lowest BCUT2D eigenvalue weighted by Crippen LogP contribution is -2.52. The van der Waals surface area contributed by atoms with Crippen LogP contribution in [-0.4, -0.2) is 72.9 Å². The number of urea groups is 1. The second-order valence-corrected chi connectivity index (χ2v) is 8.21. The summed E-state index contributed by atoms with van der Waals surface area (Å²) in [4.78, 5) is 21.5. The summed E-state index contributed by atoms with van der Waals surface area (Å²) < 4.78 is 11.9. The van der Waals surface area contributed by atoms with E-state index < -0.39 is 0 Å². The summed E-state index contributed by atoms with van der Waals surface area (Å²) in [6.45, 7) is 6.48. The van der Waals surface area contributed by atoms with Crippen molar-refractivity contribution in [1.82, 2.24) is 14.8 Å². The fraction of sp³-hybridized carbons (Fsp3) is 0.579. The van der Waals surface area contributed by atoms with Crippen LogP contribution >= 0.6 is 11.3 Å². The number of amides is 2. The van der Waals surface area contributed by atoms with Crippen molar-refractivity contribution >= 4 is 32.7 Å². The summed E-state index contributed by atoms with van der Waals surface area (Å²) in [5.74, 6) is 0.795. The molecule has 0 aliphatic carbocycles. The lowest BCUT2D eigenvalue weighted by molar-refractivity contribution is -0.0415. The van der Waals surface area contributed by atoms with Gasteiger partial charge in [-0.1, -0.05) is 11.3 Å². The molecule has 1 N–H and O–H groups in total. The normalized spacial score (nSPS) is 22.1. The fourth-order valence-electron chi connectivity index (χ4n) is 3.87. The molecule has 0 saturated carbocycles. The summed E-state index contributed by atoms with van der Waals surface area (Å²) in [7, 11) is 1.64. The highest BCUT2D eigenvalue weighted by Crippen LogP contribution is 2.29. The highest BCUT2D eigenvalue weighted by Gasteiger charge is 2.29. The molecule has 4 rings (SSSR count). The summed E-state index contributed by atoms with van der Waals surface area (Å²) in [5.41, 5.74) is 0.872. The van der Waals surface area contributed by atoms with Gasteiger partial charge in [0.2, 0.25) is 0 Å². The number of morpholine rings is 1. The number of rotatable bonds is 3. The lowest BCUT2D eigenvalue weighted by Gasteiger charge is -2.41. The zero-order valence-corrected chi connectivity index (χ0v) is 16.6. The Morgan fingerprint density at radius 1 is 1.33 bits per heavy atom. The van der Waals surface area contributed by atoms with E-state index in [1.54, 1.807) is 7.11 Å². The summed E-state index contributed by atoms with van der Waals surface area (Å²) >= 11 is 1.47. The molecule has 0 bridgehead atoms. The first kappa shape index (κ1) is 18.5. The second-order valence-electron chi connectivity index (χ2n) is 7.18. The first-order valence-electron chi connectivity index (χ1n) is 9.48. The predicted molar refractivity (Wildman–Crippen MR) is 107 cm³/mol. The van der Waals surface area contributed by atoms with Crippen molar-refractivity contribution in [3.8, 4) is 5.75 Å². The fourth-order valence-corrected chi connectivity index (χ4v) is 4.75. The Balaban J connectivity index is 1.33. The van der Waals surface area contributed by atoms with Crippen molar-refractivity contribution in [1.29, 1.82) is 0 Å². The molecule has 7 nitrogen and oxygen atoms in total. The number of benzene rings is 1. The molecule has 2 aliphatic heterocycles. The predicted octanol–water partition coefficient (Wildman–Crippen LogP) is 3.02. The van der Waals surface area contributed by atoms with Crippen LogP contribution < -0.4 is 10.1 Å². The number of carbonyl (C=O) groups is 1. The highest BCUT2D eigenvalue weighted by molar-refractivity contribution is 7.22.